The van der Waals surface area contributed by atoms with Crippen molar-refractivity contribution in [2.45, 2.75) is 67.7 Å². The summed E-state index contributed by atoms with van der Waals surface area (Å²) in [6.07, 6.45) is 6.15. The SMILES string of the molecule is C/C(=C/CCC(C)(C)C)CC(C)(C)C. The molecule has 0 radical (unpaired) electrons. The fourth-order valence-corrected chi connectivity index (χ4v) is 1.66. The van der Waals surface area contributed by atoms with Crippen molar-refractivity contribution in [2.24, 2.45) is 10.8 Å². The van der Waals surface area contributed by atoms with Crippen LogP contribution in [0.15, 0.2) is 11.6 Å². The molecule has 0 aromatic carbocycles. The number of rotatable bonds is 3. The first-order chi connectivity index (χ1) is 6.10. The van der Waals surface area contributed by atoms with Crippen LogP contribution < -0.4 is 0 Å². The van der Waals surface area contributed by atoms with Crippen molar-refractivity contribution in [3.05, 3.63) is 11.6 Å². The van der Waals surface area contributed by atoms with E-state index < -0.39 is 0 Å². The molecule has 0 unspecified atom stereocenters. The Morgan fingerprint density at radius 3 is 1.79 bits per heavy atom. The van der Waals surface area contributed by atoms with Crippen LogP contribution in [0, 0.1) is 10.8 Å². The van der Waals surface area contributed by atoms with E-state index in [1.165, 1.54) is 19.3 Å². The van der Waals surface area contributed by atoms with Crippen molar-refractivity contribution < 1.29 is 0 Å². The van der Waals surface area contributed by atoms with Gasteiger partial charge in [0, 0.05) is 0 Å². The molecule has 0 heterocycles. The van der Waals surface area contributed by atoms with E-state index in [9.17, 15) is 0 Å². The standard InChI is InChI=1S/C14H28/c1-12(11-14(5,6)7)9-8-10-13(2,3)4/h9H,8,10-11H2,1-7H3/b12-9-. The van der Waals surface area contributed by atoms with Crippen LogP contribution in [0.5, 0.6) is 0 Å². The molecule has 0 aliphatic rings. The van der Waals surface area contributed by atoms with Crippen LogP contribution in [0.4, 0.5) is 0 Å². The topological polar surface area (TPSA) is 0 Å². The third-order valence-electron chi connectivity index (χ3n) is 2.20. The average molecular weight is 196 g/mol. The van der Waals surface area contributed by atoms with E-state index in [4.69, 9.17) is 0 Å². The van der Waals surface area contributed by atoms with Crippen molar-refractivity contribution in [1.82, 2.24) is 0 Å². The van der Waals surface area contributed by atoms with E-state index >= 15 is 0 Å². The van der Waals surface area contributed by atoms with Crippen LogP contribution in [0.1, 0.15) is 67.7 Å². The van der Waals surface area contributed by atoms with Gasteiger partial charge in [0.15, 0.2) is 0 Å². The molecule has 0 fully saturated rings. The lowest BCUT2D eigenvalue weighted by molar-refractivity contribution is 0.379. The van der Waals surface area contributed by atoms with E-state index in [0.29, 0.717) is 10.8 Å². The Hall–Kier alpha value is -0.260. The van der Waals surface area contributed by atoms with Crippen LogP contribution in [0.25, 0.3) is 0 Å². The van der Waals surface area contributed by atoms with Crippen molar-refractivity contribution >= 4 is 0 Å². The maximum Gasteiger partial charge on any atom is -0.0274 e. The summed E-state index contributed by atoms with van der Waals surface area (Å²) in [5, 5.41) is 0. The molecule has 0 bridgehead atoms. The predicted octanol–water partition coefficient (Wildman–Crippen LogP) is 5.20. The first-order valence-corrected chi connectivity index (χ1v) is 5.76. The van der Waals surface area contributed by atoms with E-state index in [1.807, 2.05) is 0 Å². The highest BCUT2D eigenvalue weighted by Gasteiger charge is 2.11. The van der Waals surface area contributed by atoms with Gasteiger partial charge < -0.3 is 0 Å². The minimum Gasteiger partial charge on any atom is -0.0856 e. The van der Waals surface area contributed by atoms with Crippen LogP contribution in [-0.4, -0.2) is 0 Å². The van der Waals surface area contributed by atoms with Gasteiger partial charge in [0.25, 0.3) is 0 Å². The Bertz CT molecular complexity index is 183. The van der Waals surface area contributed by atoms with Gasteiger partial charge >= 0.3 is 0 Å². The third kappa shape index (κ3) is 9.83. The van der Waals surface area contributed by atoms with E-state index in [-0.39, 0.29) is 0 Å². The zero-order valence-corrected chi connectivity index (χ0v) is 11.2. The largest absolute Gasteiger partial charge is 0.0856 e. The molecule has 0 saturated carbocycles. The first-order valence-electron chi connectivity index (χ1n) is 5.76. The van der Waals surface area contributed by atoms with E-state index in [0.717, 1.165) is 0 Å². The maximum absolute atomic E-state index is 2.41. The fourth-order valence-electron chi connectivity index (χ4n) is 1.66. The molecule has 0 N–H and O–H groups in total. The second-order valence-electron chi connectivity index (χ2n) is 6.89. The van der Waals surface area contributed by atoms with Crippen molar-refractivity contribution in [1.29, 1.82) is 0 Å². The molecule has 0 heteroatoms. The molecule has 0 rings (SSSR count). The summed E-state index contributed by atoms with van der Waals surface area (Å²) >= 11 is 0. The highest BCUT2D eigenvalue weighted by atomic mass is 14.2. The summed E-state index contributed by atoms with van der Waals surface area (Å²) in [6.45, 7) is 16.1. The highest BCUT2D eigenvalue weighted by molar-refractivity contribution is 5.00. The molecule has 0 atom stereocenters. The predicted molar refractivity (Wildman–Crippen MR) is 66.5 cm³/mol. The Morgan fingerprint density at radius 1 is 0.929 bits per heavy atom. The molecule has 0 aliphatic heterocycles. The summed E-state index contributed by atoms with van der Waals surface area (Å²) in [6, 6.07) is 0. The zero-order chi connectivity index (χ0) is 11.4. The first kappa shape index (κ1) is 13.7. The van der Waals surface area contributed by atoms with Crippen LogP contribution in [0.3, 0.4) is 0 Å². The second-order valence-corrected chi connectivity index (χ2v) is 6.89. The molecule has 0 aliphatic carbocycles. The van der Waals surface area contributed by atoms with Crippen molar-refractivity contribution in [3.8, 4) is 0 Å². The molecule has 0 aromatic heterocycles. The lowest BCUT2D eigenvalue weighted by atomic mass is 9.86. The monoisotopic (exact) mass is 196 g/mol. The molecular weight excluding hydrogens is 168 g/mol. The summed E-state index contributed by atoms with van der Waals surface area (Å²) in [5.41, 5.74) is 2.45. The molecule has 0 saturated heterocycles. The minimum absolute atomic E-state index is 0.433. The molecule has 0 nitrogen and oxygen atoms in total. The van der Waals surface area contributed by atoms with Crippen molar-refractivity contribution in [2.75, 3.05) is 0 Å². The maximum atomic E-state index is 2.41. The van der Waals surface area contributed by atoms with Gasteiger partial charge in [-0.2, -0.15) is 0 Å². The Morgan fingerprint density at radius 2 is 1.43 bits per heavy atom. The minimum atomic E-state index is 0.433. The van der Waals surface area contributed by atoms with Gasteiger partial charge in [-0.3, -0.25) is 0 Å². The van der Waals surface area contributed by atoms with E-state index in [1.54, 1.807) is 5.57 Å². The lowest BCUT2D eigenvalue weighted by Gasteiger charge is -2.19. The number of allylic oxidation sites excluding steroid dienone is 2. The number of hydrogen-bond donors (Lipinski definition) is 0. The summed E-state index contributed by atoms with van der Waals surface area (Å²) in [4.78, 5) is 0. The Balaban J connectivity index is 3.90. The average Bonchev–Trinajstić information content (AvgIpc) is 1.78. The third-order valence-corrected chi connectivity index (χ3v) is 2.20. The molecule has 14 heavy (non-hydrogen) atoms. The number of hydrogen-bond acceptors (Lipinski definition) is 0. The molecule has 0 amide bonds. The van der Waals surface area contributed by atoms with Crippen LogP contribution in [-0.2, 0) is 0 Å². The zero-order valence-electron chi connectivity index (χ0n) is 11.2. The summed E-state index contributed by atoms with van der Waals surface area (Å²) in [5.74, 6) is 0. The van der Waals surface area contributed by atoms with E-state index in [2.05, 4.69) is 54.5 Å². The van der Waals surface area contributed by atoms with Gasteiger partial charge in [0.05, 0.1) is 0 Å². The van der Waals surface area contributed by atoms with Gasteiger partial charge in [-0.15, -0.1) is 0 Å². The molecule has 0 aromatic rings. The Kier molecular flexibility index (Phi) is 4.91. The smallest absolute Gasteiger partial charge is 0.0274 e. The summed E-state index contributed by atoms with van der Waals surface area (Å²) < 4.78 is 0. The van der Waals surface area contributed by atoms with Gasteiger partial charge in [0.1, 0.15) is 0 Å². The molecule has 84 valence electrons. The highest BCUT2D eigenvalue weighted by Crippen LogP contribution is 2.25. The quantitative estimate of drug-likeness (QED) is 0.545. The van der Waals surface area contributed by atoms with Gasteiger partial charge in [-0.25, -0.2) is 0 Å². The molecular formula is C14H28. The fraction of sp³-hybridized carbons (Fsp3) is 0.857. The van der Waals surface area contributed by atoms with Gasteiger partial charge in [-0.1, -0.05) is 53.2 Å². The Labute approximate surface area is 90.8 Å². The van der Waals surface area contributed by atoms with Crippen LogP contribution >= 0.6 is 0 Å². The normalized spacial score (nSPS) is 14.6. The second kappa shape index (κ2) is 5.00. The van der Waals surface area contributed by atoms with Crippen LogP contribution in [0.2, 0.25) is 0 Å². The van der Waals surface area contributed by atoms with Gasteiger partial charge in [0.2, 0.25) is 0 Å². The summed E-state index contributed by atoms with van der Waals surface area (Å²) in [7, 11) is 0. The van der Waals surface area contributed by atoms with Crippen molar-refractivity contribution in [3.63, 3.8) is 0 Å². The van der Waals surface area contributed by atoms with Gasteiger partial charge in [-0.05, 0) is 37.0 Å². The molecule has 0 spiro atoms. The lowest BCUT2D eigenvalue weighted by Crippen LogP contribution is -2.06.